The van der Waals surface area contributed by atoms with Gasteiger partial charge in [-0.2, -0.15) is 0 Å². The van der Waals surface area contributed by atoms with E-state index in [0.29, 0.717) is 5.41 Å². The van der Waals surface area contributed by atoms with E-state index in [2.05, 4.69) is 20.8 Å². The predicted octanol–water partition coefficient (Wildman–Crippen LogP) is 7.12. The molecule has 1 rings (SSSR count). The number of rotatable bonds is 0. The van der Waals surface area contributed by atoms with Gasteiger partial charge in [0.05, 0.1) is 0 Å². The summed E-state index contributed by atoms with van der Waals surface area (Å²) in [7, 11) is 0. The first kappa shape index (κ1) is 17.1. The van der Waals surface area contributed by atoms with E-state index < -0.39 is 0 Å². The topological polar surface area (TPSA) is 0 Å². The lowest BCUT2D eigenvalue weighted by molar-refractivity contribution is 0.201. The van der Waals surface area contributed by atoms with Gasteiger partial charge in [0, 0.05) is 0 Å². The molecule has 0 aliphatic heterocycles. The summed E-state index contributed by atoms with van der Waals surface area (Å²) in [6.07, 6.45) is 20.8. The smallest absolute Gasteiger partial charge is 0.0354 e. The molecule has 0 aromatic carbocycles. The molecule has 1 aliphatic carbocycles. The van der Waals surface area contributed by atoms with E-state index in [4.69, 9.17) is 0 Å². The molecule has 0 spiro atoms. The van der Waals surface area contributed by atoms with Crippen molar-refractivity contribution in [2.45, 2.75) is 111 Å². The largest absolute Gasteiger partial charge is 0.0599 e. The molecule has 0 aromatic rings. The number of hydrogen-bond acceptors (Lipinski definition) is 0. The molecule has 114 valence electrons. The summed E-state index contributed by atoms with van der Waals surface area (Å²) in [6, 6.07) is 0. The Morgan fingerprint density at radius 3 is 1.00 bits per heavy atom. The van der Waals surface area contributed by atoms with Gasteiger partial charge in [0.25, 0.3) is 0 Å². The van der Waals surface area contributed by atoms with Gasteiger partial charge in [0.15, 0.2) is 0 Å². The van der Waals surface area contributed by atoms with Gasteiger partial charge >= 0.3 is 0 Å². The Morgan fingerprint density at radius 2 is 0.737 bits per heavy atom. The second-order valence-electron chi connectivity index (χ2n) is 7.88. The zero-order valence-electron chi connectivity index (χ0n) is 14.0. The van der Waals surface area contributed by atoms with Crippen molar-refractivity contribution in [3.63, 3.8) is 0 Å². The molecule has 19 heavy (non-hydrogen) atoms. The first-order valence-electron chi connectivity index (χ1n) is 9.11. The Labute approximate surface area is 122 Å². The molecule has 0 nitrogen and oxygen atoms in total. The minimum Gasteiger partial charge on any atom is -0.0599 e. The fraction of sp³-hybridized carbons (Fsp3) is 1.00. The van der Waals surface area contributed by atoms with Gasteiger partial charge < -0.3 is 0 Å². The fourth-order valence-electron chi connectivity index (χ4n) is 3.56. The third kappa shape index (κ3) is 8.71. The standard InChI is InChI=1S/C19H38/c1-19(2,3)18-16-14-12-10-8-6-4-5-7-9-11-13-15-17-18/h18H,4-17H2,1-3H3. The van der Waals surface area contributed by atoms with Crippen LogP contribution in [0, 0.1) is 11.3 Å². The van der Waals surface area contributed by atoms with Crippen molar-refractivity contribution >= 4 is 0 Å². The fourth-order valence-corrected chi connectivity index (χ4v) is 3.56. The van der Waals surface area contributed by atoms with Crippen LogP contribution in [0.4, 0.5) is 0 Å². The summed E-state index contributed by atoms with van der Waals surface area (Å²) in [6.45, 7) is 7.35. The molecule has 1 aliphatic rings. The van der Waals surface area contributed by atoms with Crippen LogP contribution in [0.3, 0.4) is 0 Å². The van der Waals surface area contributed by atoms with E-state index >= 15 is 0 Å². The van der Waals surface area contributed by atoms with Gasteiger partial charge in [-0.25, -0.2) is 0 Å². The van der Waals surface area contributed by atoms with Gasteiger partial charge in [-0.15, -0.1) is 0 Å². The Kier molecular flexibility index (Phi) is 8.83. The maximum Gasteiger partial charge on any atom is -0.0354 e. The highest BCUT2D eigenvalue weighted by atomic mass is 14.3. The van der Waals surface area contributed by atoms with E-state index in [-0.39, 0.29) is 0 Å². The van der Waals surface area contributed by atoms with Gasteiger partial charge in [-0.05, 0) is 24.2 Å². The van der Waals surface area contributed by atoms with Crippen molar-refractivity contribution in [1.82, 2.24) is 0 Å². The molecule has 0 aromatic heterocycles. The van der Waals surface area contributed by atoms with E-state index in [9.17, 15) is 0 Å². The van der Waals surface area contributed by atoms with Crippen LogP contribution in [-0.2, 0) is 0 Å². The lowest BCUT2D eigenvalue weighted by atomic mass is 9.75. The molecule has 0 amide bonds. The van der Waals surface area contributed by atoms with E-state index in [1.807, 2.05) is 0 Å². The molecule has 0 radical (unpaired) electrons. The van der Waals surface area contributed by atoms with Crippen LogP contribution in [0.1, 0.15) is 111 Å². The van der Waals surface area contributed by atoms with Gasteiger partial charge in [-0.3, -0.25) is 0 Å². The molecule has 0 unspecified atom stereocenters. The van der Waals surface area contributed by atoms with Crippen molar-refractivity contribution in [1.29, 1.82) is 0 Å². The average molecular weight is 267 g/mol. The van der Waals surface area contributed by atoms with Crippen LogP contribution < -0.4 is 0 Å². The molecule has 0 heterocycles. The third-order valence-corrected chi connectivity index (χ3v) is 5.08. The minimum atomic E-state index is 0.522. The number of hydrogen-bond donors (Lipinski definition) is 0. The second-order valence-corrected chi connectivity index (χ2v) is 7.88. The molecule has 0 N–H and O–H groups in total. The summed E-state index contributed by atoms with van der Waals surface area (Å²) in [5.41, 5.74) is 0.522. The summed E-state index contributed by atoms with van der Waals surface area (Å²) >= 11 is 0. The molecular formula is C19H38. The molecule has 0 bridgehead atoms. The first-order chi connectivity index (χ1) is 9.11. The van der Waals surface area contributed by atoms with Crippen LogP contribution in [-0.4, -0.2) is 0 Å². The molecule has 1 saturated carbocycles. The minimum absolute atomic E-state index is 0.522. The van der Waals surface area contributed by atoms with Gasteiger partial charge in [0.1, 0.15) is 0 Å². The van der Waals surface area contributed by atoms with Crippen LogP contribution in [0.25, 0.3) is 0 Å². The quantitative estimate of drug-likeness (QED) is 0.437. The van der Waals surface area contributed by atoms with Gasteiger partial charge in [-0.1, -0.05) is 97.8 Å². The lowest BCUT2D eigenvalue weighted by Crippen LogP contribution is -2.20. The van der Waals surface area contributed by atoms with Crippen molar-refractivity contribution < 1.29 is 0 Å². The van der Waals surface area contributed by atoms with E-state index in [1.165, 1.54) is 89.9 Å². The molecule has 0 atom stereocenters. The van der Waals surface area contributed by atoms with Crippen LogP contribution in [0.2, 0.25) is 0 Å². The monoisotopic (exact) mass is 266 g/mol. The lowest BCUT2D eigenvalue weighted by Gasteiger charge is -2.31. The average Bonchev–Trinajstić information content (AvgIpc) is 2.35. The Bertz CT molecular complexity index is 183. The highest BCUT2D eigenvalue weighted by molar-refractivity contribution is 4.74. The van der Waals surface area contributed by atoms with Crippen LogP contribution in [0.5, 0.6) is 0 Å². The zero-order valence-corrected chi connectivity index (χ0v) is 14.0. The van der Waals surface area contributed by atoms with E-state index in [1.54, 1.807) is 0 Å². The van der Waals surface area contributed by atoms with E-state index in [0.717, 1.165) is 5.92 Å². The van der Waals surface area contributed by atoms with Crippen molar-refractivity contribution in [3.05, 3.63) is 0 Å². The summed E-state index contributed by atoms with van der Waals surface area (Å²) in [4.78, 5) is 0. The molecule has 0 heteroatoms. The molecular weight excluding hydrogens is 228 g/mol. The van der Waals surface area contributed by atoms with Gasteiger partial charge in [0.2, 0.25) is 0 Å². The Balaban J connectivity index is 2.34. The first-order valence-corrected chi connectivity index (χ1v) is 9.11. The van der Waals surface area contributed by atoms with Crippen molar-refractivity contribution in [2.24, 2.45) is 11.3 Å². The summed E-state index contributed by atoms with van der Waals surface area (Å²) < 4.78 is 0. The van der Waals surface area contributed by atoms with Crippen molar-refractivity contribution in [2.75, 3.05) is 0 Å². The Morgan fingerprint density at radius 1 is 0.474 bits per heavy atom. The SMILES string of the molecule is CC(C)(C)C1CCCCCCCCCCCCCC1. The van der Waals surface area contributed by atoms with Crippen LogP contribution in [0.15, 0.2) is 0 Å². The summed E-state index contributed by atoms with van der Waals surface area (Å²) in [5.74, 6) is 0.956. The second kappa shape index (κ2) is 9.83. The molecule has 0 saturated heterocycles. The van der Waals surface area contributed by atoms with Crippen molar-refractivity contribution in [3.8, 4) is 0 Å². The molecule has 1 fully saturated rings. The maximum atomic E-state index is 2.45. The predicted molar refractivity (Wildman–Crippen MR) is 87.6 cm³/mol. The Hall–Kier alpha value is 0. The zero-order chi connectivity index (χ0) is 14.0. The maximum absolute atomic E-state index is 2.45. The highest BCUT2D eigenvalue weighted by Crippen LogP contribution is 2.34. The summed E-state index contributed by atoms with van der Waals surface area (Å²) in [5, 5.41) is 0. The van der Waals surface area contributed by atoms with Crippen LogP contribution >= 0.6 is 0 Å². The third-order valence-electron chi connectivity index (χ3n) is 5.08. The highest BCUT2D eigenvalue weighted by Gasteiger charge is 2.23. The normalized spacial score (nSPS) is 23.5.